The molecule has 0 aliphatic rings. The Bertz CT molecular complexity index is 85.1. The first-order chi connectivity index (χ1) is 5.79. The van der Waals surface area contributed by atoms with Gasteiger partial charge in [0.15, 0.2) is 0 Å². The summed E-state index contributed by atoms with van der Waals surface area (Å²) in [6, 6.07) is 0. The summed E-state index contributed by atoms with van der Waals surface area (Å²) in [4.78, 5) is 19.2. The number of hydrogen-bond acceptors (Lipinski definition) is 4. The lowest BCUT2D eigenvalue weighted by Crippen LogP contribution is -2.30. The highest BCUT2D eigenvalue weighted by molar-refractivity contribution is 4.64. The summed E-state index contributed by atoms with van der Waals surface area (Å²) in [6.07, 6.45) is 1.52. The molecular weight excluding hydrogens is 160 g/mol. The Morgan fingerprint density at radius 1 is 0.833 bits per heavy atom. The molecule has 12 heavy (non-hydrogen) atoms. The Kier molecular flexibility index (Phi) is 7.39. The molecule has 0 aliphatic carbocycles. The molecule has 0 saturated heterocycles. The summed E-state index contributed by atoms with van der Waals surface area (Å²) < 4.78 is 0. The Morgan fingerprint density at radius 2 is 1.17 bits per heavy atom. The Labute approximate surface area is 73.6 Å². The third kappa shape index (κ3) is 4.01. The van der Waals surface area contributed by atoms with Crippen molar-refractivity contribution < 1.29 is 19.6 Å². The van der Waals surface area contributed by atoms with E-state index in [9.17, 15) is 0 Å². The van der Waals surface area contributed by atoms with Crippen LogP contribution in [0.5, 0.6) is 0 Å². The maximum Gasteiger partial charge on any atom is 0.122 e. The molecule has 0 N–H and O–H groups in total. The molecule has 0 amide bonds. The second kappa shape index (κ2) is 7.49. The van der Waals surface area contributed by atoms with E-state index in [-0.39, 0.29) is 12.2 Å². The van der Waals surface area contributed by atoms with Gasteiger partial charge < -0.3 is 0 Å². The quantitative estimate of drug-likeness (QED) is 0.439. The minimum Gasteiger partial charge on any atom is -0.240 e. The molecule has 0 heterocycles. The van der Waals surface area contributed by atoms with Gasteiger partial charge in [-0.15, -0.1) is 0 Å². The lowest BCUT2D eigenvalue weighted by Gasteiger charge is -2.21. The van der Waals surface area contributed by atoms with Gasteiger partial charge in [-0.2, -0.15) is 0 Å². The Balaban J connectivity index is 3.84. The molecule has 0 aromatic heterocycles. The lowest BCUT2D eigenvalue weighted by molar-refractivity contribution is -0.375. The molecule has 4 heteroatoms. The van der Waals surface area contributed by atoms with Crippen molar-refractivity contribution in [3.8, 4) is 0 Å². The van der Waals surface area contributed by atoms with Crippen LogP contribution in [0, 0.1) is 0 Å². The van der Waals surface area contributed by atoms with Gasteiger partial charge in [0.05, 0.1) is 14.2 Å². The van der Waals surface area contributed by atoms with Crippen LogP contribution >= 0.6 is 0 Å². The van der Waals surface area contributed by atoms with Gasteiger partial charge >= 0.3 is 0 Å². The van der Waals surface area contributed by atoms with Gasteiger partial charge in [-0.25, -0.2) is 19.6 Å². The molecule has 0 radical (unpaired) electrons. The minimum absolute atomic E-state index is 0.0695. The lowest BCUT2D eigenvalue weighted by atomic mass is 10.1. The molecule has 0 saturated carbocycles. The van der Waals surface area contributed by atoms with Gasteiger partial charge in [0.25, 0.3) is 0 Å². The fourth-order valence-corrected chi connectivity index (χ4v) is 1.03. The zero-order chi connectivity index (χ0) is 9.40. The van der Waals surface area contributed by atoms with Crippen LogP contribution in [-0.4, -0.2) is 26.4 Å². The van der Waals surface area contributed by atoms with Crippen LogP contribution in [0.1, 0.15) is 26.7 Å². The fraction of sp³-hybridized carbons (Fsp3) is 1.00. The summed E-state index contributed by atoms with van der Waals surface area (Å²) in [6.45, 7) is 4.01. The van der Waals surface area contributed by atoms with E-state index in [0.29, 0.717) is 0 Å². The highest BCUT2D eigenvalue weighted by atomic mass is 17.2. The average molecular weight is 178 g/mol. The smallest absolute Gasteiger partial charge is 0.122 e. The highest BCUT2D eigenvalue weighted by Crippen LogP contribution is 2.11. The van der Waals surface area contributed by atoms with E-state index in [4.69, 9.17) is 9.78 Å². The van der Waals surface area contributed by atoms with E-state index >= 15 is 0 Å². The summed E-state index contributed by atoms with van der Waals surface area (Å²) in [5, 5.41) is 0. The van der Waals surface area contributed by atoms with Crippen LogP contribution < -0.4 is 0 Å². The molecule has 2 atom stereocenters. The van der Waals surface area contributed by atoms with Gasteiger partial charge in [-0.3, -0.25) is 0 Å². The van der Waals surface area contributed by atoms with E-state index in [1.807, 2.05) is 13.8 Å². The first-order valence-corrected chi connectivity index (χ1v) is 4.19. The van der Waals surface area contributed by atoms with Gasteiger partial charge in [0, 0.05) is 0 Å². The Morgan fingerprint density at radius 3 is 1.33 bits per heavy atom. The predicted molar refractivity (Wildman–Crippen MR) is 44.3 cm³/mol. The zero-order valence-corrected chi connectivity index (χ0v) is 8.20. The third-order valence-electron chi connectivity index (χ3n) is 1.66. The predicted octanol–water partition coefficient (Wildman–Crippen LogP) is 1.70. The first kappa shape index (κ1) is 11.8. The number of rotatable bonds is 7. The normalized spacial score (nSPS) is 16.0. The molecule has 0 aliphatic heterocycles. The first-order valence-electron chi connectivity index (χ1n) is 4.19. The van der Waals surface area contributed by atoms with E-state index in [1.54, 1.807) is 0 Å². The molecule has 0 bridgehead atoms. The van der Waals surface area contributed by atoms with E-state index < -0.39 is 0 Å². The van der Waals surface area contributed by atoms with Crippen molar-refractivity contribution in [2.75, 3.05) is 14.2 Å². The zero-order valence-electron chi connectivity index (χ0n) is 8.20. The molecular formula is C8H18O4. The van der Waals surface area contributed by atoms with E-state index in [0.717, 1.165) is 12.8 Å². The average Bonchev–Trinajstić information content (AvgIpc) is 2.11. The van der Waals surface area contributed by atoms with Crippen LogP contribution in [0.3, 0.4) is 0 Å². The number of hydrogen-bond donors (Lipinski definition) is 0. The summed E-state index contributed by atoms with van der Waals surface area (Å²) >= 11 is 0. The van der Waals surface area contributed by atoms with Crippen LogP contribution in [0.4, 0.5) is 0 Å². The second-order valence-corrected chi connectivity index (χ2v) is 2.42. The van der Waals surface area contributed by atoms with Crippen molar-refractivity contribution in [2.24, 2.45) is 0 Å². The SMILES string of the molecule is CCC(OOC)C(CC)OOC. The van der Waals surface area contributed by atoms with Gasteiger partial charge in [0.1, 0.15) is 12.2 Å². The van der Waals surface area contributed by atoms with Gasteiger partial charge in [-0.05, 0) is 12.8 Å². The minimum atomic E-state index is -0.0695. The Hall–Kier alpha value is -0.160. The largest absolute Gasteiger partial charge is 0.240 e. The van der Waals surface area contributed by atoms with Crippen LogP contribution in [0.2, 0.25) is 0 Å². The summed E-state index contributed by atoms with van der Waals surface area (Å²) in [7, 11) is 2.98. The van der Waals surface area contributed by atoms with Crippen molar-refractivity contribution >= 4 is 0 Å². The van der Waals surface area contributed by atoms with E-state index in [1.165, 1.54) is 14.2 Å². The van der Waals surface area contributed by atoms with Gasteiger partial charge in [0.2, 0.25) is 0 Å². The standard InChI is InChI=1S/C8H18O4/c1-5-7(11-9-3)8(6-2)12-10-4/h7-8H,5-6H2,1-4H3. The molecule has 4 nitrogen and oxygen atoms in total. The molecule has 0 aromatic carbocycles. The highest BCUT2D eigenvalue weighted by Gasteiger charge is 2.21. The summed E-state index contributed by atoms with van der Waals surface area (Å²) in [5.74, 6) is 0. The maximum atomic E-state index is 4.99. The van der Waals surface area contributed by atoms with Crippen molar-refractivity contribution in [2.45, 2.75) is 38.9 Å². The van der Waals surface area contributed by atoms with Gasteiger partial charge in [-0.1, -0.05) is 13.8 Å². The maximum absolute atomic E-state index is 4.99. The molecule has 0 fully saturated rings. The van der Waals surface area contributed by atoms with E-state index in [2.05, 4.69) is 9.78 Å². The van der Waals surface area contributed by atoms with Crippen molar-refractivity contribution in [1.82, 2.24) is 0 Å². The fourth-order valence-electron chi connectivity index (χ4n) is 1.03. The van der Waals surface area contributed by atoms with Crippen molar-refractivity contribution in [3.63, 3.8) is 0 Å². The second-order valence-electron chi connectivity index (χ2n) is 2.42. The molecule has 0 spiro atoms. The summed E-state index contributed by atoms with van der Waals surface area (Å²) in [5.41, 5.74) is 0. The third-order valence-corrected chi connectivity index (χ3v) is 1.66. The van der Waals surface area contributed by atoms with Crippen LogP contribution in [-0.2, 0) is 19.6 Å². The van der Waals surface area contributed by atoms with Crippen LogP contribution in [0.25, 0.3) is 0 Å². The van der Waals surface area contributed by atoms with Crippen molar-refractivity contribution in [1.29, 1.82) is 0 Å². The molecule has 2 unspecified atom stereocenters. The molecule has 0 rings (SSSR count). The molecule has 0 aromatic rings. The molecule has 74 valence electrons. The monoisotopic (exact) mass is 178 g/mol. The van der Waals surface area contributed by atoms with Crippen LogP contribution in [0.15, 0.2) is 0 Å². The topological polar surface area (TPSA) is 36.9 Å². The van der Waals surface area contributed by atoms with Crippen molar-refractivity contribution in [3.05, 3.63) is 0 Å².